The minimum atomic E-state index is -0.434. The number of carbonyl (C=O) groups is 2. The number of hydrogen-bond acceptors (Lipinski definition) is 8. The van der Waals surface area contributed by atoms with Gasteiger partial charge in [0.1, 0.15) is 10.5 Å². The Labute approximate surface area is 205 Å². The summed E-state index contributed by atoms with van der Waals surface area (Å²) in [5, 5.41) is 4.04. The van der Waals surface area contributed by atoms with Crippen LogP contribution in [0.25, 0.3) is 10.3 Å². The number of likely N-dealkylation sites (tertiary alicyclic amines) is 1. The molecule has 1 atom stereocenters. The summed E-state index contributed by atoms with van der Waals surface area (Å²) < 4.78 is 14.1. The highest BCUT2D eigenvalue weighted by molar-refractivity contribution is 7.18. The second-order valence-electron chi connectivity index (χ2n) is 8.65. The van der Waals surface area contributed by atoms with Crippen LogP contribution < -0.4 is 5.32 Å². The topological polar surface area (TPSA) is 101 Å². The van der Waals surface area contributed by atoms with Crippen molar-refractivity contribution in [3.8, 4) is 0 Å². The molecule has 3 aromatic heterocycles. The Balaban J connectivity index is 1.31. The predicted octanol–water partition coefficient (Wildman–Crippen LogP) is 4.45. The van der Waals surface area contributed by atoms with Crippen molar-refractivity contribution in [1.82, 2.24) is 24.8 Å². The third kappa shape index (κ3) is 4.88. The first-order valence-corrected chi connectivity index (χ1v) is 12.1. The summed E-state index contributed by atoms with van der Waals surface area (Å²) in [6, 6.07) is 9.38. The summed E-state index contributed by atoms with van der Waals surface area (Å²) in [5.74, 6) is -0.428. The maximum Gasteiger partial charge on any atom is 0.274 e. The number of carbonyl (C=O) groups excluding carboxylic acids is 2. The number of halogens is 1. The Bertz CT molecular complexity index is 1400. The van der Waals surface area contributed by atoms with E-state index >= 15 is 0 Å². The zero-order valence-corrected chi connectivity index (χ0v) is 20.1. The molecule has 4 heterocycles. The number of anilines is 1. The third-order valence-electron chi connectivity index (χ3n) is 5.96. The second-order valence-corrected chi connectivity index (χ2v) is 9.85. The average molecular weight is 491 g/mol. The molecular formula is C25H23FN6O2S. The van der Waals surface area contributed by atoms with E-state index in [0.717, 1.165) is 10.6 Å². The van der Waals surface area contributed by atoms with Gasteiger partial charge in [0.25, 0.3) is 5.91 Å². The molecule has 5 rings (SSSR count). The summed E-state index contributed by atoms with van der Waals surface area (Å²) >= 11 is 1.38. The van der Waals surface area contributed by atoms with Crippen LogP contribution >= 0.6 is 11.3 Å². The van der Waals surface area contributed by atoms with Gasteiger partial charge in [-0.25, -0.2) is 14.4 Å². The molecule has 1 fully saturated rings. The van der Waals surface area contributed by atoms with Crippen molar-refractivity contribution in [2.24, 2.45) is 5.92 Å². The van der Waals surface area contributed by atoms with E-state index < -0.39 is 5.82 Å². The fourth-order valence-corrected chi connectivity index (χ4v) is 4.94. The quantitative estimate of drug-likeness (QED) is 0.382. The van der Waals surface area contributed by atoms with E-state index in [4.69, 9.17) is 0 Å². The molecule has 178 valence electrons. The number of nitrogens with zero attached hydrogens (tertiary/aromatic N) is 5. The number of pyridine rings is 1. The number of hydrogen-bond donors (Lipinski definition) is 1. The van der Waals surface area contributed by atoms with Gasteiger partial charge in [0.15, 0.2) is 17.1 Å². The van der Waals surface area contributed by atoms with E-state index in [0.29, 0.717) is 40.6 Å². The highest BCUT2D eigenvalue weighted by atomic mass is 32.1. The van der Waals surface area contributed by atoms with E-state index in [1.165, 1.54) is 29.5 Å². The van der Waals surface area contributed by atoms with Crippen LogP contribution in [-0.4, -0.2) is 49.6 Å². The number of aryl methyl sites for hydroxylation is 1. The summed E-state index contributed by atoms with van der Waals surface area (Å²) in [4.78, 5) is 45.2. The minimum absolute atomic E-state index is 0.0263. The van der Waals surface area contributed by atoms with Gasteiger partial charge in [-0.1, -0.05) is 18.2 Å². The van der Waals surface area contributed by atoms with Gasteiger partial charge in [-0.2, -0.15) is 4.98 Å². The highest BCUT2D eigenvalue weighted by Crippen LogP contribution is 2.29. The molecule has 1 aliphatic heterocycles. The Morgan fingerprint density at radius 3 is 2.77 bits per heavy atom. The van der Waals surface area contributed by atoms with Crippen molar-refractivity contribution in [3.05, 3.63) is 76.4 Å². The SMILES string of the molecule is Cc1nc2nc(N[C@@H](C)c3cccnc3)nc(C(=O)N3CC(CC(=O)c4cccc(F)c4)C3)c2s1. The Hall–Kier alpha value is -3.79. The summed E-state index contributed by atoms with van der Waals surface area (Å²) in [6.07, 6.45) is 3.74. The molecule has 0 unspecified atom stereocenters. The van der Waals surface area contributed by atoms with Crippen LogP contribution in [0.4, 0.5) is 10.3 Å². The number of aromatic nitrogens is 4. The Kier molecular flexibility index (Phi) is 6.21. The lowest BCUT2D eigenvalue weighted by molar-refractivity contribution is 0.0466. The maximum atomic E-state index is 13.4. The number of benzene rings is 1. The number of fused-ring (bicyclic) bond motifs is 1. The number of Topliss-reactive ketones (excluding diaryl/α,β-unsaturated/α-hetero) is 1. The van der Waals surface area contributed by atoms with Crippen LogP contribution in [0.2, 0.25) is 0 Å². The number of amides is 1. The van der Waals surface area contributed by atoms with Crippen molar-refractivity contribution < 1.29 is 14.0 Å². The van der Waals surface area contributed by atoms with Gasteiger partial charge in [-0.3, -0.25) is 14.6 Å². The molecule has 1 saturated heterocycles. The lowest BCUT2D eigenvalue weighted by Crippen LogP contribution is -2.50. The summed E-state index contributed by atoms with van der Waals surface area (Å²) in [5.41, 5.74) is 2.10. The molecule has 0 spiro atoms. The van der Waals surface area contributed by atoms with Crippen molar-refractivity contribution in [2.45, 2.75) is 26.3 Å². The third-order valence-corrected chi connectivity index (χ3v) is 6.93. The van der Waals surface area contributed by atoms with Gasteiger partial charge in [-0.15, -0.1) is 11.3 Å². The van der Waals surface area contributed by atoms with Crippen molar-refractivity contribution in [1.29, 1.82) is 0 Å². The van der Waals surface area contributed by atoms with Crippen LogP contribution in [0, 0.1) is 18.7 Å². The molecule has 1 N–H and O–H groups in total. The first-order valence-electron chi connectivity index (χ1n) is 11.3. The molecule has 0 bridgehead atoms. The number of nitrogens with one attached hydrogen (secondary N) is 1. The zero-order chi connectivity index (χ0) is 24.5. The van der Waals surface area contributed by atoms with Crippen LogP contribution in [0.3, 0.4) is 0 Å². The monoisotopic (exact) mass is 490 g/mol. The molecule has 0 aliphatic carbocycles. The van der Waals surface area contributed by atoms with E-state index in [-0.39, 0.29) is 30.1 Å². The maximum absolute atomic E-state index is 13.4. The molecule has 10 heteroatoms. The van der Waals surface area contributed by atoms with Crippen LogP contribution in [0.1, 0.15) is 50.8 Å². The predicted molar refractivity (Wildman–Crippen MR) is 131 cm³/mol. The van der Waals surface area contributed by atoms with Crippen LogP contribution in [-0.2, 0) is 0 Å². The van der Waals surface area contributed by atoms with E-state index in [1.54, 1.807) is 23.4 Å². The van der Waals surface area contributed by atoms with Gasteiger partial charge in [0.2, 0.25) is 5.95 Å². The first-order chi connectivity index (χ1) is 16.9. The fourth-order valence-electron chi connectivity index (χ4n) is 4.10. The van der Waals surface area contributed by atoms with E-state index in [1.807, 2.05) is 26.0 Å². The average Bonchev–Trinajstić information content (AvgIpc) is 3.20. The standard InChI is InChI=1S/C25H23FN6O2S/c1-14(18-6-4-8-27-11-18)28-25-30-21(22-23(31-25)29-15(2)35-22)24(34)32-12-16(13-32)9-20(33)17-5-3-7-19(26)10-17/h3-8,10-11,14,16H,9,12-13H2,1-2H3,(H,28,30,31)/t14-/m0/s1. The van der Waals surface area contributed by atoms with Gasteiger partial charge in [0, 0.05) is 43.4 Å². The Morgan fingerprint density at radius 1 is 1.20 bits per heavy atom. The molecule has 1 aliphatic rings. The lowest BCUT2D eigenvalue weighted by Gasteiger charge is -2.38. The van der Waals surface area contributed by atoms with Gasteiger partial charge in [-0.05, 0) is 37.6 Å². The molecular weight excluding hydrogens is 467 g/mol. The molecule has 0 radical (unpaired) electrons. The largest absolute Gasteiger partial charge is 0.348 e. The van der Waals surface area contributed by atoms with Crippen LogP contribution in [0.15, 0.2) is 48.8 Å². The smallest absolute Gasteiger partial charge is 0.274 e. The van der Waals surface area contributed by atoms with E-state index in [9.17, 15) is 14.0 Å². The number of ketones is 1. The van der Waals surface area contributed by atoms with Gasteiger partial charge < -0.3 is 10.2 Å². The van der Waals surface area contributed by atoms with Crippen molar-refractivity contribution in [3.63, 3.8) is 0 Å². The molecule has 0 saturated carbocycles. The number of rotatable bonds is 7. The fraction of sp³-hybridized carbons (Fsp3) is 0.280. The Morgan fingerprint density at radius 2 is 2.03 bits per heavy atom. The molecule has 4 aromatic rings. The first kappa shape index (κ1) is 23.0. The zero-order valence-electron chi connectivity index (χ0n) is 19.2. The normalized spacial score (nSPS) is 14.5. The van der Waals surface area contributed by atoms with Crippen molar-refractivity contribution >= 4 is 39.3 Å². The summed E-state index contributed by atoms with van der Waals surface area (Å²) in [6.45, 7) is 4.72. The van der Waals surface area contributed by atoms with Crippen molar-refractivity contribution in [2.75, 3.05) is 18.4 Å². The second kappa shape index (κ2) is 9.46. The minimum Gasteiger partial charge on any atom is -0.348 e. The summed E-state index contributed by atoms with van der Waals surface area (Å²) in [7, 11) is 0. The highest BCUT2D eigenvalue weighted by Gasteiger charge is 2.35. The molecule has 1 aromatic carbocycles. The number of thiazole rings is 1. The molecule has 35 heavy (non-hydrogen) atoms. The molecule has 1 amide bonds. The molecule has 8 nitrogen and oxygen atoms in total. The van der Waals surface area contributed by atoms with Gasteiger partial charge in [0.05, 0.1) is 11.0 Å². The lowest BCUT2D eigenvalue weighted by atomic mass is 9.91. The van der Waals surface area contributed by atoms with Gasteiger partial charge >= 0.3 is 0 Å². The van der Waals surface area contributed by atoms with E-state index in [2.05, 4.69) is 25.3 Å². The van der Waals surface area contributed by atoms with Crippen LogP contribution in [0.5, 0.6) is 0 Å².